The van der Waals surface area contributed by atoms with E-state index in [0.717, 1.165) is 0 Å². The van der Waals surface area contributed by atoms with Gasteiger partial charge in [-0.2, -0.15) is 0 Å². The second-order valence-corrected chi connectivity index (χ2v) is 5.61. The number of rotatable bonds is 7. The van der Waals surface area contributed by atoms with Crippen LogP contribution in [-0.2, 0) is 19.1 Å². The molecule has 0 spiro atoms. The smallest absolute Gasteiger partial charge is 0.347 e. The normalized spacial score (nSPS) is 17.7. The van der Waals surface area contributed by atoms with Gasteiger partial charge in [0.1, 0.15) is 12.4 Å². The van der Waals surface area contributed by atoms with Crippen LogP contribution in [0.2, 0.25) is 0 Å². The molecule has 0 radical (unpaired) electrons. The van der Waals surface area contributed by atoms with Gasteiger partial charge < -0.3 is 24.8 Å². The minimum absolute atomic E-state index is 0.192. The van der Waals surface area contributed by atoms with Crippen molar-refractivity contribution in [1.82, 2.24) is 10.6 Å². The van der Waals surface area contributed by atoms with Gasteiger partial charge in [0.2, 0.25) is 0 Å². The van der Waals surface area contributed by atoms with Crippen molar-refractivity contribution in [3.8, 4) is 5.75 Å². The lowest BCUT2D eigenvalue weighted by Crippen LogP contribution is -2.50. The fourth-order valence-corrected chi connectivity index (χ4v) is 2.41. The molecule has 2 N–H and O–H groups in total. The van der Waals surface area contributed by atoms with Gasteiger partial charge in [0.15, 0.2) is 6.10 Å². The van der Waals surface area contributed by atoms with E-state index in [0.29, 0.717) is 5.75 Å². The van der Waals surface area contributed by atoms with Gasteiger partial charge in [-0.25, -0.2) is 14.4 Å². The van der Waals surface area contributed by atoms with E-state index >= 15 is 0 Å². The van der Waals surface area contributed by atoms with Crippen molar-refractivity contribution in [3.63, 3.8) is 0 Å². The highest BCUT2D eigenvalue weighted by Gasteiger charge is 2.30. The Balaban J connectivity index is 2.04. The molecule has 2 rings (SSSR count). The first-order chi connectivity index (χ1) is 12.4. The molecule has 8 nitrogen and oxygen atoms in total. The van der Waals surface area contributed by atoms with Gasteiger partial charge in [0.25, 0.3) is 0 Å². The van der Waals surface area contributed by atoms with E-state index in [-0.39, 0.29) is 24.5 Å². The van der Waals surface area contributed by atoms with Crippen LogP contribution in [0.4, 0.5) is 4.79 Å². The Labute approximate surface area is 151 Å². The van der Waals surface area contributed by atoms with Gasteiger partial charge in [-0.05, 0) is 32.9 Å². The van der Waals surface area contributed by atoms with Crippen LogP contribution in [-0.4, -0.2) is 43.3 Å². The lowest BCUT2D eigenvalue weighted by atomic mass is 10.0. The average molecular weight is 362 g/mol. The first kappa shape index (κ1) is 19.3. The number of carbonyl (C=O) groups excluding carboxylic acids is 3. The van der Waals surface area contributed by atoms with Crippen LogP contribution in [0, 0.1) is 0 Å². The number of amides is 2. The standard InChI is InChI=1S/C18H22N2O6/c1-4-24-17(22)15-11(2)19-18(23)20-14(15)10-25-16(21)12(3)26-13-8-6-5-7-9-13/h5-9,11-12H,4,10H2,1-3H3,(H2,19,20,23)/t11-,12-/m1/s1. The molecule has 0 saturated heterocycles. The molecule has 140 valence electrons. The highest BCUT2D eigenvalue weighted by molar-refractivity contribution is 5.94. The number of benzene rings is 1. The number of ether oxygens (including phenoxy) is 3. The third kappa shape index (κ3) is 4.98. The molecule has 0 aromatic heterocycles. The van der Waals surface area contributed by atoms with Crippen LogP contribution < -0.4 is 15.4 Å². The molecule has 1 aliphatic heterocycles. The van der Waals surface area contributed by atoms with E-state index < -0.39 is 30.1 Å². The fourth-order valence-electron chi connectivity index (χ4n) is 2.41. The van der Waals surface area contributed by atoms with Crippen molar-refractivity contribution in [2.75, 3.05) is 13.2 Å². The number of para-hydroxylation sites is 1. The first-order valence-corrected chi connectivity index (χ1v) is 8.28. The summed E-state index contributed by atoms with van der Waals surface area (Å²) in [5.74, 6) is -0.663. The SMILES string of the molecule is CCOC(=O)C1=C(COC(=O)[C@@H](C)Oc2ccccc2)NC(=O)N[C@@H]1C. The molecule has 1 heterocycles. The van der Waals surface area contributed by atoms with E-state index in [9.17, 15) is 14.4 Å². The number of nitrogens with one attached hydrogen (secondary N) is 2. The molecule has 2 atom stereocenters. The Morgan fingerprint density at radius 3 is 2.54 bits per heavy atom. The molecule has 1 aromatic carbocycles. The zero-order valence-electron chi connectivity index (χ0n) is 14.9. The highest BCUT2D eigenvalue weighted by Crippen LogP contribution is 2.16. The molecule has 0 unspecified atom stereocenters. The van der Waals surface area contributed by atoms with Crippen LogP contribution in [0.3, 0.4) is 0 Å². The highest BCUT2D eigenvalue weighted by atomic mass is 16.6. The van der Waals surface area contributed by atoms with E-state index in [1.165, 1.54) is 0 Å². The van der Waals surface area contributed by atoms with Crippen molar-refractivity contribution >= 4 is 18.0 Å². The lowest BCUT2D eigenvalue weighted by Gasteiger charge is -2.26. The summed E-state index contributed by atoms with van der Waals surface area (Å²) in [5, 5.41) is 5.06. The number of hydrogen-bond donors (Lipinski definition) is 2. The Morgan fingerprint density at radius 1 is 1.19 bits per heavy atom. The molecule has 1 aliphatic rings. The molecular formula is C18H22N2O6. The van der Waals surface area contributed by atoms with Crippen LogP contribution in [0.1, 0.15) is 20.8 Å². The summed E-state index contributed by atoms with van der Waals surface area (Å²) in [6, 6.07) is 7.81. The molecular weight excluding hydrogens is 340 g/mol. The number of carbonyl (C=O) groups is 3. The Bertz CT molecular complexity index is 701. The van der Waals surface area contributed by atoms with E-state index in [2.05, 4.69) is 10.6 Å². The van der Waals surface area contributed by atoms with E-state index in [4.69, 9.17) is 14.2 Å². The summed E-state index contributed by atoms with van der Waals surface area (Å²) in [6.45, 7) is 4.80. The summed E-state index contributed by atoms with van der Waals surface area (Å²) in [6.07, 6.45) is -0.848. The quantitative estimate of drug-likeness (QED) is 0.713. The van der Waals surface area contributed by atoms with Crippen LogP contribution in [0.5, 0.6) is 5.75 Å². The van der Waals surface area contributed by atoms with Gasteiger partial charge in [-0.15, -0.1) is 0 Å². The van der Waals surface area contributed by atoms with Crippen molar-refractivity contribution < 1.29 is 28.6 Å². The second-order valence-electron chi connectivity index (χ2n) is 5.61. The van der Waals surface area contributed by atoms with Crippen molar-refractivity contribution in [3.05, 3.63) is 41.6 Å². The van der Waals surface area contributed by atoms with Crippen LogP contribution in [0.15, 0.2) is 41.6 Å². The third-order valence-electron chi connectivity index (χ3n) is 3.61. The average Bonchev–Trinajstić information content (AvgIpc) is 2.60. The summed E-state index contributed by atoms with van der Waals surface area (Å²) in [7, 11) is 0. The molecule has 8 heteroatoms. The zero-order chi connectivity index (χ0) is 19.1. The maximum atomic E-state index is 12.1. The van der Waals surface area contributed by atoms with E-state index in [1.807, 2.05) is 6.07 Å². The van der Waals surface area contributed by atoms with Gasteiger partial charge in [-0.1, -0.05) is 18.2 Å². The van der Waals surface area contributed by atoms with Gasteiger partial charge in [0.05, 0.1) is 23.9 Å². The van der Waals surface area contributed by atoms with Gasteiger partial charge >= 0.3 is 18.0 Å². The lowest BCUT2D eigenvalue weighted by molar-refractivity contribution is -0.150. The van der Waals surface area contributed by atoms with Gasteiger partial charge in [0, 0.05) is 0 Å². The molecule has 26 heavy (non-hydrogen) atoms. The zero-order valence-corrected chi connectivity index (χ0v) is 14.9. The number of hydrogen-bond acceptors (Lipinski definition) is 6. The molecule has 0 fully saturated rings. The van der Waals surface area contributed by atoms with Gasteiger partial charge in [-0.3, -0.25) is 0 Å². The fraction of sp³-hybridized carbons (Fsp3) is 0.389. The molecule has 0 saturated carbocycles. The molecule has 1 aromatic rings. The summed E-state index contributed by atoms with van der Waals surface area (Å²) < 4.78 is 15.7. The topological polar surface area (TPSA) is 103 Å². The Kier molecular flexibility index (Phi) is 6.60. The minimum Gasteiger partial charge on any atom is -0.479 e. The van der Waals surface area contributed by atoms with Crippen LogP contribution in [0.25, 0.3) is 0 Å². The largest absolute Gasteiger partial charge is 0.479 e. The summed E-state index contributed by atoms with van der Waals surface area (Å²) >= 11 is 0. The number of urea groups is 1. The number of esters is 2. The predicted molar refractivity (Wildman–Crippen MR) is 92.3 cm³/mol. The third-order valence-corrected chi connectivity index (χ3v) is 3.61. The molecule has 0 bridgehead atoms. The Hall–Kier alpha value is -3.03. The maximum Gasteiger partial charge on any atom is 0.347 e. The van der Waals surface area contributed by atoms with Crippen molar-refractivity contribution in [2.24, 2.45) is 0 Å². The van der Waals surface area contributed by atoms with E-state index in [1.54, 1.807) is 45.0 Å². The Morgan fingerprint density at radius 2 is 1.88 bits per heavy atom. The minimum atomic E-state index is -0.848. The molecule has 2 amide bonds. The monoisotopic (exact) mass is 362 g/mol. The molecule has 0 aliphatic carbocycles. The summed E-state index contributed by atoms with van der Waals surface area (Å²) in [5.41, 5.74) is 0.413. The van der Waals surface area contributed by atoms with Crippen molar-refractivity contribution in [1.29, 1.82) is 0 Å². The van der Waals surface area contributed by atoms with Crippen LogP contribution >= 0.6 is 0 Å². The summed E-state index contributed by atoms with van der Waals surface area (Å²) in [4.78, 5) is 35.9. The van der Waals surface area contributed by atoms with Crippen molar-refractivity contribution in [2.45, 2.75) is 32.9 Å². The maximum absolute atomic E-state index is 12.1. The first-order valence-electron chi connectivity index (χ1n) is 8.28. The second kappa shape index (κ2) is 8.89. The predicted octanol–water partition coefficient (Wildman–Crippen LogP) is 1.52.